The van der Waals surface area contributed by atoms with Crippen LogP contribution in [0.3, 0.4) is 0 Å². The number of benzene rings is 1. The first-order valence-electron chi connectivity index (χ1n) is 6.29. The minimum atomic E-state index is 0.423. The smallest absolute Gasteiger partial charge is 0.144 e. The Bertz CT molecular complexity index is 767. The molecule has 2 heterocycles. The van der Waals surface area contributed by atoms with Crippen molar-refractivity contribution >= 4 is 27.0 Å². The molecule has 5 heteroatoms. The van der Waals surface area contributed by atoms with Crippen LogP contribution in [0.2, 0.25) is 0 Å². The molecule has 1 aromatic carbocycles. The molecule has 3 rings (SSSR count). The van der Waals surface area contributed by atoms with Gasteiger partial charge in [-0.2, -0.15) is 0 Å². The highest BCUT2D eigenvalue weighted by molar-refractivity contribution is 9.10. The third-order valence-corrected chi connectivity index (χ3v) is 3.84. The summed E-state index contributed by atoms with van der Waals surface area (Å²) in [5.41, 5.74) is 2.89. The summed E-state index contributed by atoms with van der Waals surface area (Å²) in [6.07, 6.45) is 3.56. The van der Waals surface area contributed by atoms with Crippen LogP contribution in [0.5, 0.6) is 5.75 Å². The van der Waals surface area contributed by atoms with E-state index in [4.69, 9.17) is 4.74 Å². The molecule has 0 fully saturated rings. The van der Waals surface area contributed by atoms with Crippen LogP contribution in [0.1, 0.15) is 11.3 Å². The van der Waals surface area contributed by atoms with Crippen molar-refractivity contribution in [2.75, 3.05) is 0 Å². The lowest BCUT2D eigenvalue weighted by Gasteiger charge is -2.09. The Kier molecular flexibility index (Phi) is 3.44. The molecule has 0 unspecified atom stereocenters. The molecule has 2 aromatic heterocycles. The van der Waals surface area contributed by atoms with Crippen molar-refractivity contribution in [2.24, 2.45) is 7.05 Å². The van der Waals surface area contributed by atoms with Gasteiger partial charge in [0.05, 0.1) is 11.1 Å². The Labute approximate surface area is 125 Å². The molecule has 0 aliphatic rings. The third kappa shape index (κ3) is 2.29. The van der Waals surface area contributed by atoms with Crippen molar-refractivity contribution in [2.45, 2.75) is 13.5 Å². The van der Waals surface area contributed by atoms with Crippen molar-refractivity contribution in [3.63, 3.8) is 0 Å². The molecule has 0 aliphatic heterocycles. The minimum absolute atomic E-state index is 0.423. The second-order valence-corrected chi connectivity index (χ2v) is 5.52. The average Bonchev–Trinajstić information content (AvgIpc) is 2.74. The van der Waals surface area contributed by atoms with Crippen molar-refractivity contribution < 1.29 is 4.74 Å². The molecule has 102 valence electrons. The standard InChI is InChI=1S/C15H14BrN3O/c1-10-5-3-4-6-13(10)20-8-12-14-11(16)7-19(2)15(14)18-9-17-12/h3-7,9H,8H2,1-2H3. The molecular weight excluding hydrogens is 318 g/mol. The Morgan fingerprint density at radius 3 is 2.85 bits per heavy atom. The Balaban J connectivity index is 1.94. The van der Waals surface area contributed by atoms with Crippen LogP contribution >= 0.6 is 15.9 Å². The van der Waals surface area contributed by atoms with Gasteiger partial charge in [0.1, 0.15) is 24.3 Å². The summed E-state index contributed by atoms with van der Waals surface area (Å²) in [4.78, 5) is 8.65. The van der Waals surface area contributed by atoms with Gasteiger partial charge in [-0.05, 0) is 34.5 Å². The minimum Gasteiger partial charge on any atom is -0.487 e. The number of hydrogen-bond acceptors (Lipinski definition) is 3. The average molecular weight is 332 g/mol. The Morgan fingerprint density at radius 2 is 2.05 bits per heavy atom. The number of rotatable bonds is 3. The van der Waals surface area contributed by atoms with Crippen LogP contribution in [0.4, 0.5) is 0 Å². The number of nitrogens with zero attached hydrogens (tertiary/aromatic N) is 3. The Hall–Kier alpha value is -1.88. The molecule has 0 saturated heterocycles. The molecule has 0 aliphatic carbocycles. The van der Waals surface area contributed by atoms with E-state index >= 15 is 0 Å². The van der Waals surface area contributed by atoms with Crippen molar-refractivity contribution in [3.05, 3.63) is 52.5 Å². The lowest BCUT2D eigenvalue weighted by atomic mass is 10.2. The molecule has 0 bridgehead atoms. The summed E-state index contributed by atoms with van der Waals surface area (Å²) in [7, 11) is 1.96. The maximum Gasteiger partial charge on any atom is 0.144 e. The van der Waals surface area contributed by atoms with Crippen molar-refractivity contribution in [3.8, 4) is 5.75 Å². The van der Waals surface area contributed by atoms with Gasteiger partial charge in [-0.25, -0.2) is 9.97 Å². The molecule has 0 spiro atoms. The predicted octanol–water partition coefficient (Wildman–Crippen LogP) is 3.62. The fourth-order valence-electron chi connectivity index (χ4n) is 2.19. The van der Waals surface area contributed by atoms with E-state index in [9.17, 15) is 0 Å². The normalized spacial score (nSPS) is 10.9. The van der Waals surface area contributed by atoms with Crippen LogP contribution in [0.25, 0.3) is 11.0 Å². The van der Waals surface area contributed by atoms with Crippen molar-refractivity contribution in [1.29, 1.82) is 0 Å². The molecule has 0 saturated carbocycles. The van der Waals surface area contributed by atoms with E-state index in [1.54, 1.807) is 6.33 Å². The molecule has 3 aromatic rings. The van der Waals surface area contributed by atoms with Gasteiger partial charge >= 0.3 is 0 Å². The largest absolute Gasteiger partial charge is 0.487 e. The van der Waals surface area contributed by atoms with E-state index in [0.717, 1.165) is 32.5 Å². The van der Waals surface area contributed by atoms with Gasteiger partial charge in [0.2, 0.25) is 0 Å². The first-order valence-corrected chi connectivity index (χ1v) is 7.09. The maximum absolute atomic E-state index is 5.87. The number of para-hydroxylation sites is 1. The zero-order valence-electron chi connectivity index (χ0n) is 11.3. The van der Waals surface area contributed by atoms with E-state index < -0.39 is 0 Å². The first-order chi connectivity index (χ1) is 9.66. The molecular formula is C15H14BrN3O. The van der Waals surface area contributed by atoms with E-state index in [-0.39, 0.29) is 0 Å². The fraction of sp³-hybridized carbons (Fsp3) is 0.200. The van der Waals surface area contributed by atoms with Crippen LogP contribution in [0, 0.1) is 6.92 Å². The lowest BCUT2D eigenvalue weighted by molar-refractivity contribution is 0.300. The highest BCUT2D eigenvalue weighted by atomic mass is 79.9. The quantitative estimate of drug-likeness (QED) is 0.735. The zero-order chi connectivity index (χ0) is 14.1. The van der Waals surface area contributed by atoms with E-state index in [1.165, 1.54) is 0 Å². The lowest BCUT2D eigenvalue weighted by Crippen LogP contribution is -2.01. The molecule has 0 atom stereocenters. The van der Waals surface area contributed by atoms with E-state index in [0.29, 0.717) is 6.61 Å². The summed E-state index contributed by atoms with van der Waals surface area (Å²) in [6, 6.07) is 7.96. The first kappa shape index (κ1) is 13.1. The molecule has 0 amide bonds. The van der Waals surface area contributed by atoms with Gasteiger partial charge in [-0.1, -0.05) is 18.2 Å². The molecule has 4 nitrogen and oxygen atoms in total. The fourth-order valence-corrected chi connectivity index (χ4v) is 2.91. The number of halogens is 1. The zero-order valence-corrected chi connectivity index (χ0v) is 12.9. The Morgan fingerprint density at radius 1 is 1.25 bits per heavy atom. The van der Waals surface area contributed by atoms with E-state index in [1.807, 2.05) is 49.0 Å². The van der Waals surface area contributed by atoms with E-state index in [2.05, 4.69) is 25.9 Å². The van der Waals surface area contributed by atoms with Gasteiger partial charge in [-0.15, -0.1) is 0 Å². The SMILES string of the molecule is Cc1ccccc1OCc1ncnc2c1c(Br)cn2C. The number of aromatic nitrogens is 3. The van der Waals surface area contributed by atoms with Crippen LogP contribution in [0.15, 0.2) is 41.3 Å². The second-order valence-electron chi connectivity index (χ2n) is 4.66. The maximum atomic E-state index is 5.87. The van der Waals surface area contributed by atoms with Gasteiger partial charge in [0, 0.05) is 17.7 Å². The van der Waals surface area contributed by atoms with Crippen LogP contribution in [-0.2, 0) is 13.7 Å². The number of ether oxygens (including phenoxy) is 1. The van der Waals surface area contributed by atoms with Crippen molar-refractivity contribution in [1.82, 2.24) is 14.5 Å². The highest BCUT2D eigenvalue weighted by Gasteiger charge is 2.12. The van der Waals surface area contributed by atoms with Gasteiger partial charge in [0.25, 0.3) is 0 Å². The number of aryl methyl sites for hydroxylation is 2. The number of hydrogen-bond donors (Lipinski definition) is 0. The van der Waals surface area contributed by atoms with Gasteiger partial charge in [-0.3, -0.25) is 0 Å². The molecule has 20 heavy (non-hydrogen) atoms. The number of fused-ring (bicyclic) bond motifs is 1. The second kappa shape index (κ2) is 5.25. The summed E-state index contributed by atoms with van der Waals surface area (Å²) >= 11 is 3.55. The van der Waals surface area contributed by atoms with Crippen LogP contribution < -0.4 is 4.74 Å². The highest BCUT2D eigenvalue weighted by Crippen LogP contribution is 2.27. The van der Waals surface area contributed by atoms with Gasteiger partial charge in [0.15, 0.2) is 0 Å². The molecule has 0 radical (unpaired) electrons. The molecule has 0 N–H and O–H groups in total. The summed E-state index contributed by atoms with van der Waals surface area (Å²) in [6.45, 7) is 2.45. The van der Waals surface area contributed by atoms with Gasteiger partial charge < -0.3 is 9.30 Å². The van der Waals surface area contributed by atoms with Crippen LogP contribution in [-0.4, -0.2) is 14.5 Å². The third-order valence-electron chi connectivity index (χ3n) is 3.24. The topological polar surface area (TPSA) is 39.9 Å². The predicted molar refractivity (Wildman–Crippen MR) is 81.7 cm³/mol. The monoisotopic (exact) mass is 331 g/mol. The summed E-state index contributed by atoms with van der Waals surface area (Å²) in [5.74, 6) is 0.881. The summed E-state index contributed by atoms with van der Waals surface area (Å²) < 4.78 is 8.83. The summed E-state index contributed by atoms with van der Waals surface area (Å²) in [5, 5.41) is 1.00.